The summed E-state index contributed by atoms with van der Waals surface area (Å²) in [6, 6.07) is 3.42. The molecule has 1 rings (SSSR count). The number of hydrazone groups is 1. The summed E-state index contributed by atoms with van der Waals surface area (Å²) in [5, 5.41) is 3.81. The van der Waals surface area contributed by atoms with E-state index in [2.05, 4.69) is 22.7 Å². The Balaban J connectivity index is 2.74. The largest absolute Gasteiger partial charge is 0.449 e. The highest BCUT2D eigenvalue weighted by Crippen LogP contribution is 2.00. The first kappa shape index (κ1) is 12.2. The molecule has 3 N–H and O–H groups in total. The number of thiocarbonyl (C=S) groups is 1. The molecule has 86 valence electrons. The Bertz CT molecular complexity index is 413. The minimum absolute atomic E-state index is 0.0606. The van der Waals surface area contributed by atoms with Gasteiger partial charge in [0.05, 0.1) is 18.5 Å². The number of hydrogen-bond donors (Lipinski definition) is 2. The fraction of sp³-hybridized carbons (Fsp3) is 0.222. The number of hydrogen-bond acceptors (Lipinski definition) is 4. The fourth-order valence-corrected chi connectivity index (χ4v) is 1.07. The third-order valence-corrected chi connectivity index (χ3v) is 1.71. The predicted octanol–water partition coefficient (Wildman–Crippen LogP) is 0.660. The van der Waals surface area contributed by atoms with Gasteiger partial charge in [0.1, 0.15) is 0 Å². The van der Waals surface area contributed by atoms with Crippen LogP contribution in [0.4, 0.5) is 4.79 Å². The van der Waals surface area contributed by atoms with E-state index in [1.54, 1.807) is 25.3 Å². The molecule has 0 bridgehead atoms. The van der Waals surface area contributed by atoms with E-state index in [-0.39, 0.29) is 5.11 Å². The molecule has 0 aromatic carbocycles. The lowest BCUT2D eigenvalue weighted by Crippen LogP contribution is -2.24. The van der Waals surface area contributed by atoms with Gasteiger partial charge in [0, 0.05) is 6.20 Å². The Morgan fingerprint density at radius 2 is 2.56 bits per heavy atom. The van der Waals surface area contributed by atoms with Crippen LogP contribution in [0.25, 0.3) is 0 Å². The van der Waals surface area contributed by atoms with E-state index in [1.165, 1.54) is 10.8 Å². The van der Waals surface area contributed by atoms with Gasteiger partial charge in [0.2, 0.25) is 0 Å². The van der Waals surface area contributed by atoms with Crippen LogP contribution in [0, 0.1) is 0 Å². The number of ether oxygens (including phenoxy) is 1. The quantitative estimate of drug-likeness (QED) is 0.461. The lowest BCUT2D eigenvalue weighted by Gasteiger charge is -2.04. The molecule has 0 amide bonds. The van der Waals surface area contributed by atoms with Crippen molar-refractivity contribution >= 4 is 29.6 Å². The smallest absolute Gasteiger partial charge is 0.418 e. The molecule has 0 radical (unpaired) electrons. The van der Waals surface area contributed by atoms with Crippen LogP contribution < -0.4 is 11.2 Å². The van der Waals surface area contributed by atoms with Crippen LogP contribution >= 0.6 is 12.2 Å². The molecule has 6 nitrogen and oxygen atoms in total. The molecule has 0 aliphatic heterocycles. The summed E-state index contributed by atoms with van der Waals surface area (Å²) in [6.07, 6.45) is 2.56. The highest BCUT2D eigenvalue weighted by molar-refractivity contribution is 7.80. The molecule has 0 spiro atoms. The van der Waals surface area contributed by atoms with Crippen LogP contribution in [-0.4, -0.2) is 28.6 Å². The third-order valence-electron chi connectivity index (χ3n) is 1.62. The molecule has 0 aliphatic rings. The van der Waals surface area contributed by atoms with Crippen molar-refractivity contribution in [2.45, 2.75) is 6.92 Å². The van der Waals surface area contributed by atoms with Gasteiger partial charge in [-0.25, -0.2) is 4.79 Å². The molecule has 1 aromatic heterocycles. The number of nitrogens with one attached hydrogen (secondary N) is 1. The number of nitrogens with two attached hydrogens (primary N) is 1. The minimum Gasteiger partial charge on any atom is -0.449 e. The Kier molecular flexibility index (Phi) is 4.46. The predicted molar refractivity (Wildman–Crippen MR) is 64.4 cm³/mol. The van der Waals surface area contributed by atoms with Crippen LogP contribution in [0.3, 0.4) is 0 Å². The summed E-state index contributed by atoms with van der Waals surface area (Å²) in [6.45, 7) is 2.06. The van der Waals surface area contributed by atoms with Crippen molar-refractivity contribution in [1.29, 1.82) is 0 Å². The van der Waals surface area contributed by atoms with Crippen molar-refractivity contribution in [1.82, 2.24) is 9.99 Å². The topological polar surface area (TPSA) is 81.6 Å². The summed E-state index contributed by atoms with van der Waals surface area (Å²) >= 11 is 4.57. The lowest BCUT2D eigenvalue weighted by molar-refractivity contribution is 0.154. The second-order valence-corrected chi connectivity index (χ2v) is 3.18. The molecule has 0 fully saturated rings. The summed E-state index contributed by atoms with van der Waals surface area (Å²) in [5.41, 5.74) is 8.15. The molecule has 0 unspecified atom stereocenters. The van der Waals surface area contributed by atoms with Crippen molar-refractivity contribution in [3.63, 3.8) is 0 Å². The van der Waals surface area contributed by atoms with E-state index in [4.69, 9.17) is 10.5 Å². The lowest BCUT2D eigenvalue weighted by atomic mass is 10.5. The van der Waals surface area contributed by atoms with Crippen LogP contribution in [0.1, 0.15) is 12.6 Å². The minimum atomic E-state index is -0.454. The molecule has 1 heterocycles. The van der Waals surface area contributed by atoms with E-state index in [0.717, 1.165) is 0 Å². The average molecular weight is 240 g/mol. The number of nitrogens with zero attached hydrogens (tertiary/aromatic N) is 2. The summed E-state index contributed by atoms with van der Waals surface area (Å²) < 4.78 is 6.17. The van der Waals surface area contributed by atoms with Gasteiger partial charge in [-0.15, -0.1) is 0 Å². The molecular weight excluding hydrogens is 228 g/mol. The van der Waals surface area contributed by atoms with Crippen molar-refractivity contribution in [3.8, 4) is 0 Å². The van der Waals surface area contributed by atoms with Gasteiger partial charge >= 0.3 is 6.09 Å². The van der Waals surface area contributed by atoms with Crippen molar-refractivity contribution < 1.29 is 9.53 Å². The van der Waals surface area contributed by atoms with Gasteiger partial charge in [-0.1, -0.05) is 0 Å². The van der Waals surface area contributed by atoms with E-state index < -0.39 is 6.09 Å². The average Bonchev–Trinajstić information content (AvgIpc) is 2.66. The zero-order valence-electron chi connectivity index (χ0n) is 8.71. The maximum absolute atomic E-state index is 11.4. The van der Waals surface area contributed by atoms with Gasteiger partial charge in [-0.2, -0.15) is 5.10 Å². The second kappa shape index (κ2) is 5.86. The van der Waals surface area contributed by atoms with Crippen LogP contribution in [0.15, 0.2) is 23.4 Å². The van der Waals surface area contributed by atoms with Gasteiger partial charge in [-0.3, -0.25) is 9.99 Å². The number of carbonyl (C=O) groups excluding carboxylic acids is 1. The number of rotatable bonds is 3. The zero-order valence-corrected chi connectivity index (χ0v) is 9.53. The molecular formula is C9H12N4O2S. The van der Waals surface area contributed by atoms with Crippen molar-refractivity contribution in [2.24, 2.45) is 10.8 Å². The van der Waals surface area contributed by atoms with Gasteiger partial charge in [0.15, 0.2) is 5.11 Å². The molecule has 16 heavy (non-hydrogen) atoms. The van der Waals surface area contributed by atoms with Crippen LogP contribution in [-0.2, 0) is 4.74 Å². The van der Waals surface area contributed by atoms with Gasteiger partial charge < -0.3 is 10.5 Å². The Morgan fingerprint density at radius 1 is 1.81 bits per heavy atom. The standard InChI is InChI=1S/C9H12N4O2S/c1-2-15-9(14)13-5-3-4-7(13)6-11-12-8(10)16/h3-6H,2H2,1H3,(H3,10,12,16). The first-order valence-electron chi connectivity index (χ1n) is 4.58. The SMILES string of the molecule is CCOC(=O)n1cccc1C=NNC(N)=S. The molecule has 0 atom stereocenters. The highest BCUT2D eigenvalue weighted by Gasteiger charge is 2.07. The summed E-state index contributed by atoms with van der Waals surface area (Å²) in [7, 11) is 0. The summed E-state index contributed by atoms with van der Waals surface area (Å²) in [5.74, 6) is 0. The van der Waals surface area contributed by atoms with E-state index in [1.807, 2.05) is 0 Å². The first-order valence-corrected chi connectivity index (χ1v) is 4.99. The maximum Gasteiger partial charge on any atom is 0.418 e. The van der Waals surface area contributed by atoms with E-state index >= 15 is 0 Å². The molecule has 1 aromatic rings. The Hall–Kier alpha value is -1.89. The van der Waals surface area contributed by atoms with E-state index in [9.17, 15) is 4.79 Å². The van der Waals surface area contributed by atoms with Gasteiger partial charge in [-0.05, 0) is 31.3 Å². The molecule has 7 heteroatoms. The second-order valence-electron chi connectivity index (χ2n) is 2.74. The molecule has 0 aliphatic carbocycles. The van der Waals surface area contributed by atoms with Crippen molar-refractivity contribution in [3.05, 3.63) is 24.0 Å². The number of carbonyl (C=O) groups is 1. The Morgan fingerprint density at radius 3 is 3.19 bits per heavy atom. The maximum atomic E-state index is 11.4. The summed E-state index contributed by atoms with van der Waals surface area (Å²) in [4.78, 5) is 11.4. The Labute approximate surface area is 98.1 Å². The van der Waals surface area contributed by atoms with E-state index in [0.29, 0.717) is 12.3 Å². The third kappa shape index (κ3) is 3.35. The normalized spacial score (nSPS) is 10.3. The fourth-order valence-electron chi connectivity index (χ4n) is 1.02. The first-order chi connectivity index (χ1) is 7.65. The highest BCUT2D eigenvalue weighted by atomic mass is 32.1. The van der Waals surface area contributed by atoms with Gasteiger partial charge in [0.25, 0.3) is 0 Å². The molecule has 0 saturated carbocycles. The van der Waals surface area contributed by atoms with Crippen molar-refractivity contribution in [2.75, 3.05) is 6.61 Å². The van der Waals surface area contributed by atoms with Crippen LogP contribution in [0.5, 0.6) is 0 Å². The zero-order chi connectivity index (χ0) is 12.0. The monoisotopic (exact) mass is 240 g/mol. The number of aromatic nitrogens is 1. The van der Waals surface area contributed by atoms with Crippen LogP contribution in [0.2, 0.25) is 0 Å². The molecule has 0 saturated heterocycles.